The molecule has 2 aromatic carbocycles. The first-order valence-corrected chi connectivity index (χ1v) is 11.1. The molecule has 1 N–H and O–H groups in total. The van der Waals surface area contributed by atoms with Crippen molar-refractivity contribution in [2.75, 3.05) is 13.7 Å². The van der Waals surface area contributed by atoms with Gasteiger partial charge in [0, 0.05) is 28.6 Å². The Morgan fingerprint density at radius 3 is 2.65 bits per heavy atom. The van der Waals surface area contributed by atoms with Gasteiger partial charge in [0.05, 0.1) is 25.0 Å². The lowest BCUT2D eigenvalue weighted by atomic mass is 9.76. The number of carbonyl (C=O) groups is 2. The summed E-state index contributed by atoms with van der Waals surface area (Å²) in [7, 11) is 1.59. The minimum Gasteiger partial charge on any atom is -0.497 e. The maximum atomic E-state index is 13.7. The van der Waals surface area contributed by atoms with Crippen molar-refractivity contribution in [2.45, 2.75) is 19.8 Å². The summed E-state index contributed by atoms with van der Waals surface area (Å²) in [4.78, 5) is 34.3. The van der Waals surface area contributed by atoms with E-state index in [1.54, 1.807) is 27.0 Å². The lowest BCUT2D eigenvalue weighted by Gasteiger charge is -2.27. The first-order valence-electron chi connectivity index (χ1n) is 11.1. The number of rotatable bonds is 5. The number of carbonyl (C=O) groups excluding carboxylic acids is 2. The van der Waals surface area contributed by atoms with Crippen LogP contribution in [0.25, 0.3) is 17.0 Å². The first kappa shape index (κ1) is 21.7. The van der Waals surface area contributed by atoms with Crippen LogP contribution in [0.4, 0.5) is 0 Å². The summed E-state index contributed by atoms with van der Waals surface area (Å²) in [6.07, 6.45) is 3.57. The van der Waals surface area contributed by atoms with E-state index in [1.165, 1.54) is 0 Å². The van der Waals surface area contributed by atoms with Crippen LogP contribution in [-0.4, -0.2) is 36.4 Å². The van der Waals surface area contributed by atoms with Crippen LogP contribution < -0.4 is 4.74 Å². The highest BCUT2D eigenvalue weighted by atomic mass is 16.5. The molecule has 0 aliphatic carbocycles. The van der Waals surface area contributed by atoms with Crippen LogP contribution in [0.5, 0.6) is 5.75 Å². The molecule has 7 nitrogen and oxygen atoms in total. The van der Waals surface area contributed by atoms with Gasteiger partial charge < -0.3 is 19.2 Å². The van der Waals surface area contributed by atoms with E-state index in [0.717, 1.165) is 22.0 Å². The topological polar surface area (TPSA) is 90.0 Å². The SMILES string of the molecule is CCOC(=O)C1=C(C)N=C2O/C(=C/c3c[nH]c4ccccc34)C(=O)C2C1c1ccc(OC)cc1. The predicted octanol–water partition coefficient (Wildman–Crippen LogP) is 4.77. The summed E-state index contributed by atoms with van der Waals surface area (Å²) >= 11 is 0. The van der Waals surface area contributed by atoms with E-state index in [0.29, 0.717) is 22.9 Å². The number of aromatic nitrogens is 1. The third-order valence-electron chi connectivity index (χ3n) is 6.20. The normalized spacial score (nSPS) is 20.9. The van der Waals surface area contributed by atoms with Crippen LogP contribution in [0.1, 0.15) is 30.9 Å². The Bertz CT molecular complexity index is 1380. The zero-order chi connectivity index (χ0) is 23.8. The van der Waals surface area contributed by atoms with Gasteiger partial charge in [0.25, 0.3) is 0 Å². The van der Waals surface area contributed by atoms with Gasteiger partial charge in [-0.1, -0.05) is 30.3 Å². The van der Waals surface area contributed by atoms with E-state index < -0.39 is 17.8 Å². The van der Waals surface area contributed by atoms with Gasteiger partial charge in [-0.25, -0.2) is 9.79 Å². The van der Waals surface area contributed by atoms with Crippen LogP contribution in [0.15, 0.2) is 76.7 Å². The van der Waals surface area contributed by atoms with Crippen LogP contribution >= 0.6 is 0 Å². The number of aromatic amines is 1. The van der Waals surface area contributed by atoms with Gasteiger partial charge in [-0.3, -0.25) is 4.79 Å². The number of para-hydroxylation sites is 1. The van der Waals surface area contributed by atoms with Crippen molar-refractivity contribution in [3.05, 3.63) is 82.9 Å². The van der Waals surface area contributed by atoms with Gasteiger partial charge in [0.1, 0.15) is 11.7 Å². The molecule has 2 unspecified atom stereocenters. The molecule has 3 aromatic rings. The van der Waals surface area contributed by atoms with Gasteiger partial charge in [0.2, 0.25) is 11.7 Å². The zero-order valence-corrected chi connectivity index (χ0v) is 19.1. The molecule has 1 saturated heterocycles. The predicted molar refractivity (Wildman–Crippen MR) is 128 cm³/mol. The lowest BCUT2D eigenvalue weighted by molar-refractivity contribution is -0.139. The molecular weight excluding hydrogens is 432 g/mol. The standard InChI is InChI=1S/C27H24N2O5/c1-4-33-27(31)22-15(2)29-26-24(23(22)16-9-11-18(32-3)12-10-16)25(30)21(34-26)13-17-14-28-20-8-6-5-7-19(17)20/h5-14,23-24,28H,4H2,1-3H3/b21-13+. The third kappa shape index (κ3) is 3.59. The van der Waals surface area contributed by atoms with Gasteiger partial charge in [0.15, 0.2) is 5.76 Å². The van der Waals surface area contributed by atoms with E-state index in [4.69, 9.17) is 14.2 Å². The number of ether oxygens (including phenoxy) is 3. The summed E-state index contributed by atoms with van der Waals surface area (Å²) in [5.41, 5.74) is 3.44. The average molecular weight is 456 g/mol. The number of hydrogen-bond acceptors (Lipinski definition) is 6. The largest absolute Gasteiger partial charge is 0.497 e. The minimum absolute atomic E-state index is 0.199. The Balaban J connectivity index is 1.59. The smallest absolute Gasteiger partial charge is 0.336 e. The number of benzene rings is 2. The number of aliphatic imine (C=N–C) groups is 1. The molecule has 3 heterocycles. The molecule has 5 rings (SSSR count). The van der Waals surface area contributed by atoms with Crippen molar-refractivity contribution in [3.8, 4) is 5.75 Å². The number of fused-ring (bicyclic) bond motifs is 2. The van der Waals surface area contributed by atoms with Crippen molar-refractivity contribution in [3.63, 3.8) is 0 Å². The van der Waals surface area contributed by atoms with Crippen molar-refractivity contribution in [2.24, 2.45) is 10.9 Å². The zero-order valence-electron chi connectivity index (χ0n) is 19.1. The Labute approximate surface area is 196 Å². The molecular formula is C27H24N2O5. The number of nitrogens with zero attached hydrogens (tertiary/aromatic N) is 1. The molecule has 2 atom stereocenters. The molecule has 0 spiro atoms. The highest BCUT2D eigenvalue weighted by Gasteiger charge is 2.49. The van der Waals surface area contributed by atoms with E-state index in [2.05, 4.69) is 9.98 Å². The molecule has 0 bridgehead atoms. The van der Waals surface area contributed by atoms with Crippen molar-refractivity contribution in [1.82, 2.24) is 4.98 Å². The molecule has 172 valence electrons. The lowest BCUT2D eigenvalue weighted by Crippen LogP contribution is -2.32. The Hall–Kier alpha value is -4.13. The van der Waals surface area contributed by atoms with Crippen LogP contribution in [0.3, 0.4) is 0 Å². The van der Waals surface area contributed by atoms with Gasteiger partial charge in [-0.15, -0.1) is 0 Å². The highest BCUT2D eigenvalue weighted by molar-refractivity contribution is 6.19. The number of ketones is 1. The van der Waals surface area contributed by atoms with E-state index in [9.17, 15) is 9.59 Å². The number of allylic oxidation sites excluding steroid dienone is 2. The van der Waals surface area contributed by atoms with Crippen LogP contribution in [-0.2, 0) is 19.1 Å². The molecule has 7 heteroatoms. The fraction of sp³-hybridized carbons (Fsp3) is 0.222. The summed E-state index contributed by atoms with van der Waals surface area (Å²) in [6, 6.07) is 15.2. The minimum atomic E-state index is -0.757. The van der Waals surface area contributed by atoms with Crippen molar-refractivity contribution < 1.29 is 23.8 Å². The third-order valence-corrected chi connectivity index (χ3v) is 6.20. The Morgan fingerprint density at radius 2 is 1.91 bits per heavy atom. The van der Waals surface area contributed by atoms with E-state index >= 15 is 0 Å². The second-order valence-corrected chi connectivity index (χ2v) is 8.16. The highest BCUT2D eigenvalue weighted by Crippen LogP contribution is 2.45. The molecule has 2 aliphatic rings. The Morgan fingerprint density at radius 1 is 1.15 bits per heavy atom. The number of Topliss-reactive ketones (excluding diaryl/α,β-unsaturated/α-hetero) is 1. The molecule has 2 aliphatic heterocycles. The number of hydrogen-bond donors (Lipinski definition) is 1. The summed E-state index contributed by atoms with van der Waals surface area (Å²) in [5.74, 6) is -0.871. The molecule has 1 aromatic heterocycles. The fourth-order valence-corrected chi connectivity index (χ4v) is 4.60. The molecule has 0 saturated carbocycles. The quantitative estimate of drug-likeness (QED) is 0.441. The maximum absolute atomic E-state index is 13.7. The van der Waals surface area contributed by atoms with Gasteiger partial charge in [-0.05, 0) is 43.7 Å². The fourth-order valence-electron chi connectivity index (χ4n) is 4.60. The van der Waals surface area contributed by atoms with Crippen LogP contribution in [0, 0.1) is 5.92 Å². The molecule has 0 radical (unpaired) electrons. The van der Waals surface area contributed by atoms with Crippen LogP contribution in [0.2, 0.25) is 0 Å². The van der Waals surface area contributed by atoms with Crippen molar-refractivity contribution in [1.29, 1.82) is 0 Å². The Kier molecular flexibility index (Phi) is 5.53. The summed E-state index contributed by atoms with van der Waals surface area (Å²) < 4.78 is 16.6. The number of nitrogens with one attached hydrogen (secondary N) is 1. The van der Waals surface area contributed by atoms with Gasteiger partial charge >= 0.3 is 5.97 Å². The first-order chi connectivity index (χ1) is 16.5. The monoisotopic (exact) mass is 456 g/mol. The molecule has 0 amide bonds. The number of methoxy groups -OCH3 is 1. The molecule has 1 fully saturated rings. The van der Waals surface area contributed by atoms with Crippen molar-refractivity contribution >= 4 is 34.6 Å². The number of H-pyrrole nitrogens is 1. The maximum Gasteiger partial charge on any atom is 0.336 e. The number of esters is 1. The van der Waals surface area contributed by atoms with Gasteiger partial charge in [-0.2, -0.15) is 0 Å². The average Bonchev–Trinajstić information content (AvgIpc) is 3.39. The second kappa shape index (κ2) is 8.67. The summed E-state index contributed by atoms with van der Waals surface area (Å²) in [5, 5.41) is 0.983. The summed E-state index contributed by atoms with van der Waals surface area (Å²) in [6.45, 7) is 3.71. The molecule has 34 heavy (non-hydrogen) atoms. The van der Waals surface area contributed by atoms with E-state index in [1.807, 2.05) is 54.7 Å². The van der Waals surface area contributed by atoms with E-state index in [-0.39, 0.29) is 18.1 Å². The second-order valence-electron chi connectivity index (χ2n) is 8.16.